The van der Waals surface area contributed by atoms with Gasteiger partial charge < -0.3 is 23.8 Å². The maximum absolute atomic E-state index is 12.8. The summed E-state index contributed by atoms with van der Waals surface area (Å²) >= 11 is 0. The molecule has 0 radical (unpaired) electrons. The van der Waals surface area contributed by atoms with Crippen LogP contribution in [0.25, 0.3) is 0 Å². The van der Waals surface area contributed by atoms with E-state index in [9.17, 15) is 4.79 Å². The highest BCUT2D eigenvalue weighted by Gasteiger charge is 2.40. The molecule has 0 saturated carbocycles. The minimum atomic E-state index is -0.251. The van der Waals surface area contributed by atoms with E-state index in [4.69, 9.17) is 18.9 Å². The number of nitrogens with zero attached hydrogens (tertiary/aromatic N) is 1. The van der Waals surface area contributed by atoms with Crippen LogP contribution in [0.4, 0.5) is 0 Å². The minimum absolute atomic E-state index is 0.00140. The molecule has 0 amide bonds. The summed E-state index contributed by atoms with van der Waals surface area (Å²) in [6, 6.07) is 0. The molecule has 0 aromatic rings. The lowest BCUT2D eigenvalue weighted by Crippen LogP contribution is -2.39. The Kier molecular flexibility index (Phi) is 32.8. The van der Waals surface area contributed by atoms with E-state index in [0.29, 0.717) is 13.2 Å². The largest absolute Gasteiger partial charge is 0.463 e. The second-order valence-corrected chi connectivity index (χ2v) is 16.7. The van der Waals surface area contributed by atoms with E-state index in [1.54, 1.807) is 0 Å². The zero-order valence-electron chi connectivity index (χ0n) is 36.1. The molecule has 0 bridgehead atoms. The number of ether oxygens (including phenoxy) is 4. The van der Waals surface area contributed by atoms with Gasteiger partial charge >= 0.3 is 5.97 Å². The highest BCUT2D eigenvalue weighted by Crippen LogP contribution is 2.24. The van der Waals surface area contributed by atoms with Crippen molar-refractivity contribution in [2.45, 2.75) is 225 Å². The molecule has 2 aliphatic rings. The Labute approximate surface area is 335 Å². The van der Waals surface area contributed by atoms with E-state index >= 15 is 0 Å². The normalized spacial score (nSPS) is 19.9. The maximum atomic E-state index is 12.8. The van der Waals surface area contributed by atoms with Gasteiger partial charge in [0.2, 0.25) is 0 Å². The van der Waals surface area contributed by atoms with Crippen LogP contribution in [0.5, 0.6) is 0 Å². The Morgan fingerprint density at radius 2 is 0.981 bits per heavy atom. The maximum Gasteiger partial charge on any atom is 0.309 e. The van der Waals surface area contributed by atoms with Crippen molar-refractivity contribution >= 4 is 5.97 Å². The molecule has 2 saturated heterocycles. The Balaban J connectivity index is 1.57. The van der Waals surface area contributed by atoms with Crippen molar-refractivity contribution in [3.8, 4) is 0 Å². The Hall–Kier alpha value is -1.21. The van der Waals surface area contributed by atoms with Crippen LogP contribution in [0.1, 0.15) is 206 Å². The summed E-state index contributed by atoms with van der Waals surface area (Å²) < 4.78 is 24.8. The minimum Gasteiger partial charge on any atom is -0.463 e. The summed E-state index contributed by atoms with van der Waals surface area (Å²) in [5.41, 5.74) is 0. The summed E-state index contributed by atoms with van der Waals surface area (Å²) in [7, 11) is 2.12. The number of hydrogen-bond donors (Lipinski definition) is 0. The molecule has 2 fully saturated rings. The van der Waals surface area contributed by atoms with E-state index in [1.807, 2.05) is 0 Å². The molecule has 0 N–H and O–H groups in total. The molecule has 3 atom stereocenters. The number of esters is 1. The van der Waals surface area contributed by atoms with Crippen molar-refractivity contribution in [1.82, 2.24) is 4.90 Å². The Bertz CT molecular complexity index is 884. The average Bonchev–Trinajstić information content (AvgIpc) is 3.57. The van der Waals surface area contributed by atoms with E-state index in [0.717, 1.165) is 45.4 Å². The fraction of sp³-hybridized carbons (Fsp3) is 0.896. The van der Waals surface area contributed by atoms with Gasteiger partial charge in [0, 0.05) is 13.2 Å². The third-order valence-corrected chi connectivity index (χ3v) is 11.6. The molecule has 0 spiro atoms. The van der Waals surface area contributed by atoms with Crippen LogP contribution in [-0.4, -0.2) is 75.7 Å². The van der Waals surface area contributed by atoms with E-state index in [2.05, 4.69) is 50.1 Å². The van der Waals surface area contributed by atoms with Gasteiger partial charge in [-0.25, -0.2) is 0 Å². The molecule has 2 heterocycles. The first kappa shape index (κ1) is 48.9. The number of allylic oxidation sites excluding steroid dienone is 4. The molecule has 2 aliphatic heterocycles. The number of unbranched alkanes of at least 4 members (excludes halogenated alkanes) is 24. The monoisotopic (exact) mass is 760 g/mol. The predicted octanol–water partition coefficient (Wildman–Crippen LogP) is 13.1. The molecule has 0 aromatic carbocycles. The van der Waals surface area contributed by atoms with Crippen molar-refractivity contribution < 1.29 is 23.7 Å². The summed E-state index contributed by atoms with van der Waals surface area (Å²) in [5, 5.41) is 0. The van der Waals surface area contributed by atoms with Crippen molar-refractivity contribution in [2.24, 2.45) is 5.92 Å². The number of likely N-dealkylation sites (tertiary alicyclic amines) is 1. The first-order chi connectivity index (χ1) is 26.7. The van der Waals surface area contributed by atoms with Crippen molar-refractivity contribution in [3.63, 3.8) is 0 Å². The summed E-state index contributed by atoms with van der Waals surface area (Å²) in [6.07, 6.45) is 47.3. The molecule has 2 rings (SSSR count). The molecule has 6 nitrogen and oxygen atoms in total. The molecule has 316 valence electrons. The van der Waals surface area contributed by atoms with Crippen LogP contribution in [0.3, 0.4) is 0 Å². The summed E-state index contributed by atoms with van der Waals surface area (Å²) in [5.74, 6) is -0.0752. The molecule has 54 heavy (non-hydrogen) atoms. The Morgan fingerprint density at radius 3 is 1.44 bits per heavy atom. The zero-order valence-corrected chi connectivity index (χ0v) is 36.1. The lowest BCUT2D eigenvalue weighted by Gasteiger charge is -2.28. The van der Waals surface area contributed by atoms with Crippen LogP contribution in [0, 0.1) is 5.92 Å². The number of carbonyl (C=O) groups excluding carboxylic acids is 1. The van der Waals surface area contributed by atoms with E-state index in [1.165, 1.54) is 167 Å². The SMILES string of the molecule is CCCCCCCC/C=C\CCCCCCCCO[C@@H]1[C@@H](OCCCCCCCC/C=C\CCCCCCCC)CO[C@@H]1COC(=O)C1CCN(C)CC1. The zero-order chi connectivity index (χ0) is 38.6. The van der Waals surface area contributed by atoms with Gasteiger partial charge in [-0.1, -0.05) is 154 Å². The average molecular weight is 760 g/mol. The third-order valence-electron chi connectivity index (χ3n) is 11.6. The fourth-order valence-corrected chi connectivity index (χ4v) is 7.83. The smallest absolute Gasteiger partial charge is 0.309 e. The highest BCUT2D eigenvalue weighted by molar-refractivity contribution is 5.72. The van der Waals surface area contributed by atoms with Gasteiger partial charge in [-0.3, -0.25) is 4.79 Å². The third kappa shape index (κ3) is 26.6. The first-order valence-electron chi connectivity index (χ1n) is 23.7. The van der Waals surface area contributed by atoms with Gasteiger partial charge in [-0.05, 0) is 97.2 Å². The van der Waals surface area contributed by atoms with E-state index < -0.39 is 0 Å². The molecular weight excluding hydrogens is 671 g/mol. The fourth-order valence-electron chi connectivity index (χ4n) is 7.83. The van der Waals surface area contributed by atoms with Gasteiger partial charge in [0.05, 0.1) is 12.5 Å². The van der Waals surface area contributed by atoms with Crippen molar-refractivity contribution in [3.05, 3.63) is 24.3 Å². The second kappa shape index (κ2) is 36.2. The van der Waals surface area contributed by atoms with E-state index in [-0.39, 0.29) is 36.8 Å². The van der Waals surface area contributed by atoms with Crippen LogP contribution < -0.4 is 0 Å². The highest BCUT2D eigenvalue weighted by atomic mass is 16.6. The molecule has 0 aliphatic carbocycles. The first-order valence-corrected chi connectivity index (χ1v) is 23.7. The molecular formula is C48H89NO5. The summed E-state index contributed by atoms with van der Waals surface area (Å²) in [4.78, 5) is 15.1. The van der Waals surface area contributed by atoms with Gasteiger partial charge in [0.25, 0.3) is 0 Å². The van der Waals surface area contributed by atoms with Gasteiger partial charge in [-0.2, -0.15) is 0 Å². The van der Waals surface area contributed by atoms with Crippen LogP contribution in [0.15, 0.2) is 24.3 Å². The molecule has 0 unspecified atom stereocenters. The van der Waals surface area contributed by atoms with Crippen LogP contribution in [-0.2, 0) is 23.7 Å². The lowest BCUT2D eigenvalue weighted by molar-refractivity contribution is -0.156. The Morgan fingerprint density at radius 1 is 0.574 bits per heavy atom. The number of rotatable bonds is 37. The molecule has 6 heteroatoms. The second-order valence-electron chi connectivity index (χ2n) is 16.7. The topological polar surface area (TPSA) is 57.2 Å². The van der Waals surface area contributed by atoms with Crippen molar-refractivity contribution in [2.75, 3.05) is 46.6 Å². The number of hydrogen-bond acceptors (Lipinski definition) is 6. The predicted molar refractivity (Wildman–Crippen MR) is 229 cm³/mol. The summed E-state index contributed by atoms with van der Waals surface area (Å²) in [6.45, 7) is 8.70. The standard InChI is InChI=1S/C48H89NO5/c1-4-6-8-10-12-14-16-18-20-22-24-26-28-30-32-34-40-51-45-42-53-46(43-54-48(50)44-36-38-49(3)39-37-44)47(45)52-41-35-33-31-29-27-25-23-21-19-17-15-13-11-9-7-5-2/h18-21,44-47H,4-17,22-43H2,1-3H3/b20-18-,21-19-/t45-,46+,47+/m0/s1. The number of piperidine rings is 1. The van der Waals surface area contributed by atoms with Gasteiger partial charge in [0.15, 0.2) is 0 Å². The molecule has 0 aromatic heterocycles. The van der Waals surface area contributed by atoms with Crippen molar-refractivity contribution in [1.29, 1.82) is 0 Å². The van der Waals surface area contributed by atoms with Crippen LogP contribution in [0.2, 0.25) is 0 Å². The van der Waals surface area contributed by atoms with Gasteiger partial charge in [0.1, 0.15) is 24.9 Å². The van der Waals surface area contributed by atoms with Gasteiger partial charge in [-0.15, -0.1) is 0 Å². The quantitative estimate of drug-likeness (QED) is 0.0357. The van der Waals surface area contributed by atoms with Crippen LogP contribution >= 0.6 is 0 Å². The number of carbonyl (C=O) groups is 1. The lowest BCUT2D eigenvalue weighted by atomic mass is 9.97.